The molecule has 1 atom stereocenters. The topological polar surface area (TPSA) is 78.0 Å². The average Bonchev–Trinajstić information content (AvgIpc) is 3.33. The molecule has 3 heterocycles. The van der Waals surface area contributed by atoms with Crippen molar-refractivity contribution in [2.45, 2.75) is 10.4 Å². The molecule has 27 heavy (non-hydrogen) atoms. The van der Waals surface area contributed by atoms with Crippen molar-refractivity contribution in [3.8, 4) is 10.4 Å². The zero-order valence-electron chi connectivity index (χ0n) is 14.3. The van der Waals surface area contributed by atoms with Crippen LogP contribution in [0.15, 0.2) is 63.2 Å². The van der Waals surface area contributed by atoms with Gasteiger partial charge in [0.25, 0.3) is 5.56 Å². The third kappa shape index (κ3) is 3.31. The van der Waals surface area contributed by atoms with Gasteiger partial charge in [0.15, 0.2) is 5.16 Å². The van der Waals surface area contributed by atoms with Crippen LogP contribution >= 0.6 is 34.4 Å². The summed E-state index contributed by atoms with van der Waals surface area (Å²) >= 11 is 4.22. The molecular weight excluding hydrogens is 398 g/mol. The summed E-state index contributed by atoms with van der Waals surface area (Å²) in [6, 6.07) is 13.2. The molecule has 2 N–H and O–H groups in total. The van der Waals surface area contributed by atoms with Gasteiger partial charge in [-0.25, -0.2) is 4.98 Å². The van der Waals surface area contributed by atoms with Crippen LogP contribution in [0.4, 0.5) is 0 Å². The Balaban J connectivity index is 1.80. The van der Waals surface area contributed by atoms with Crippen LogP contribution in [0.2, 0.25) is 0 Å². The van der Waals surface area contributed by atoms with Gasteiger partial charge in [0.05, 0.1) is 5.39 Å². The van der Waals surface area contributed by atoms with Crippen molar-refractivity contribution in [1.29, 1.82) is 0 Å². The molecule has 0 spiro atoms. The minimum atomic E-state index is -0.613. The molecule has 1 amide bonds. The molecule has 0 aliphatic carbocycles. The molecule has 1 unspecified atom stereocenters. The highest BCUT2D eigenvalue weighted by Crippen LogP contribution is 2.37. The molecule has 0 aliphatic heterocycles. The monoisotopic (exact) mass is 413 g/mol. The van der Waals surface area contributed by atoms with E-state index >= 15 is 0 Å². The van der Waals surface area contributed by atoms with Gasteiger partial charge in [-0.3, -0.25) is 14.2 Å². The molecule has 0 saturated heterocycles. The molecule has 5 nitrogen and oxygen atoms in total. The molecule has 0 saturated carbocycles. The van der Waals surface area contributed by atoms with E-state index in [2.05, 4.69) is 4.98 Å². The molecule has 0 radical (unpaired) electrons. The van der Waals surface area contributed by atoms with Crippen LogP contribution in [0.3, 0.4) is 0 Å². The second kappa shape index (κ2) is 7.30. The number of carbonyl (C=O) groups is 1. The van der Waals surface area contributed by atoms with E-state index in [1.54, 1.807) is 18.4 Å². The second-order valence-electron chi connectivity index (χ2n) is 5.88. The number of carbonyl (C=O) groups excluding carboxylic acids is 1. The maximum atomic E-state index is 13.0. The van der Waals surface area contributed by atoms with Gasteiger partial charge in [0.2, 0.25) is 5.91 Å². The first-order valence-electron chi connectivity index (χ1n) is 8.09. The number of fused-ring (bicyclic) bond motifs is 1. The molecule has 0 fully saturated rings. The third-order valence-corrected chi connectivity index (χ3v) is 7.24. The lowest BCUT2D eigenvalue weighted by molar-refractivity contribution is -0.117. The third-order valence-electron chi connectivity index (χ3n) is 4.14. The molecule has 4 aromatic rings. The van der Waals surface area contributed by atoms with E-state index in [4.69, 9.17) is 5.73 Å². The van der Waals surface area contributed by atoms with Crippen LogP contribution in [0.25, 0.3) is 20.7 Å². The maximum absolute atomic E-state index is 13.0. The Kier molecular flexibility index (Phi) is 4.86. The summed E-state index contributed by atoms with van der Waals surface area (Å²) in [5, 5.41) is 4.42. The van der Waals surface area contributed by atoms with E-state index in [1.165, 1.54) is 27.7 Å². The predicted molar refractivity (Wildman–Crippen MR) is 112 cm³/mol. The Labute approximate surface area is 167 Å². The summed E-state index contributed by atoms with van der Waals surface area (Å²) < 4.78 is 1.50. The first kappa shape index (κ1) is 18.0. The number of nitrogens with zero attached hydrogens (tertiary/aromatic N) is 2. The lowest BCUT2D eigenvalue weighted by Gasteiger charge is -2.15. The van der Waals surface area contributed by atoms with Gasteiger partial charge in [0, 0.05) is 22.9 Å². The molecule has 0 aliphatic rings. The number of rotatable bonds is 5. The number of aromatic nitrogens is 2. The zero-order chi connectivity index (χ0) is 19.0. The summed E-state index contributed by atoms with van der Waals surface area (Å²) in [6.07, 6.45) is 0. The van der Waals surface area contributed by atoms with Gasteiger partial charge in [-0.15, -0.1) is 22.7 Å². The van der Waals surface area contributed by atoms with Crippen LogP contribution in [0.1, 0.15) is 10.8 Å². The van der Waals surface area contributed by atoms with E-state index in [9.17, 15) is 9.59 Å². The van der Waals surface area contributed by atoms with E-state index in [0.29, 0.717) is 15.4 Å². The van der Waals surface area contributed by atoms with Crippen molar-refractivity contribution in [2.24, 2.45) is 12.8 Å². The summed E-state index contributed by atoms with van der Waals surface area (Å²) in [7, 11) is 1.68. The Morgan fingerprint density at radius 1 is 1.19 bits per heavy atom. The molecule has 3 aromatic heterocycles. The Morgan fingerprint density at radius 3 is 2.63 bits per heavy atom. The number of thioether (sulfide) groups is 1. The number of hydrogen-bond donors (Lipinski definition) is 1. The minimum absolute atomic E-state index is 0.122. The lowest BCUT2D eigenvalue weighted by atomic mass is 10.1. The van der Waals surface area contributed by atoms with Crippen molar-refractivity contribution in [3.63, 3.8) is 0 Å². The minimum Gasteiger partial charge on any atom is -0.368 e. The van der Waals surface area contributed by atoms with Crippen LogP contribution < -0.4 is 11.3 Å². The summed E-state index contributed by atoms with van der Waals surface area (Å²) in [5.41, 5.74) is 7.19. The van der Waals surface area contributed by atoms with Gasteiger partial charge in [-0.1, -0.05) is 48.2 Å². The predicted octanol–water partition coefficient (Wildman–Crippen LogP) is 4.04. The molecule has 0 bridgehead atoms. The van der Waals surface area contributed by atoms with E-state index < -0.39 is 11.2 Å². The highest BCUT2D eigenvalue weighted by molar-refractivity contribution is 8.00. The van der Waals surface area contributed by atoms with Crippen LogP contribution in [0, 0.1) is 0 Å². The maximum Gasteiger partial charge on any atom is 0.263 e. The van der Waals surface area contributed by atoms with Gasteiger partial charge in [-0.05, 0) is 17.0 Å². The fraction of sp³-hybridized carbons (Fsp3) is 0.105. The lowest BCUT2D eigenvalue weighted by Crippen LogP contribution is -2.23. The smallest absolute Gasteiger partial charge is 0.263 e. The zero-order valence-corrected chi connectivity index (χ0v) is 16.7. The van der Waals surface area contributed by atoms with Crippen molar-refractivity contribution in [2.75, 3.05) is 0 Å². The first-order chi connectivity index (χ1) is 13.1. The number of benzene rings is 1. The summed E-state index contributed by atoms with van der Waals surface area (Å²) in [4.78, 5) is 31.4. The molecule has 1 aromatic carbocycles. The van der Waals surface area contributed by atoms with Gasteiger partial charge in [-0.2, -0.15) is 0 Å². The molecule has 136 valence electrons. The summed E-state index contributed by atoms with van der Waals surface area (Å²) in [6.45, 7) is 0. The average molecular weight is 414 g/mol. The molecule has 8 heteroatoms. The first-order valence-corrected chi connectivity index (χ1v) is 10.7. The second-order valence-corrected chi connectivity index (χ2v) is 8.75. The van der Waals surface area contributed by atoms with Crippen LogP contribution in [-0.4, -0.2) is 15.5 Å². The van der Waals surface area contributed by atoms with Crippen molar-refractivity contribution >= 4 is 50.6 Å². The molecule has 4 rings (SSSR count). The Morgan fingerprint density at radius 2 is 1.96 bits per heavy atom. The standard InChI is InChI=1S/C19H15N3O2S3/c1-22-18(24)14-12(13-8-5-9-25-13)10-26-17(14)21-19(22)27-15(16(20)23)11-6-3-2-4-7-11/h2-10,15H,1H3,(H2,20,23). The molecular formula is C19H15N3O2S3. The summed E-state index contributed by atoms with van der Waals surface area (Å²) in [5.74, 6) is -0.467. The van der Waals surface area contributed by atoms with Crippen LogP contribution in [0.5, 0.6) is 0 Å². The fourth-order valence-electron chi connectivity index (χ4n) is 2.80. The SMILES string of the molecule is Cn1c(SC(C(N)=O)c2ccccc2)nc2scc(-c3cccs3)c2c1=O. The van der Waals surface area contributed by atoms with E-state index in [0.717, 1.165) is 16.0 Å². The highest BCUT2D eigenvalue weighted by atomic mass is 32.2. The highest BCUT2D eigenvalue weighted by Gasteiger charge is 2.23. The number of hydrogen-bond acceptors (Lipinski definition) is 6. The normalized spacial score (nSPS) is 12.3. The largest absolute Gasteiger partial charge is 0.368 e. The van der Waals surface area contributed by atoms with Gasteiger partial charge >= 0.3 is 0 Å². The number of nitrogens with two attached hydrogens (primary N) is 1. The number of primary amides is 1. The fourth-order valence-corrected chi connectivity index (χ4v) is 5.61. The van der Waals surface area contributed by atoms with Crippen molar-refractivity contribution in [3.05, 3.63) is 69.1 Å². The van der Waals surface area contributed by atoms with Crippen molar-refractivity contribution in [1.82, 2.24) is 9.55 Å². The number of thiophene rings is 2. The number of amides is 1. The van der Waals surface area contributed by atoms with Gasteiger partial charge in [0.1, 0.15) is 10.1 Å². The van der Waals surface area contributed by atoms with Crippen LogP contribution in [-0.2, 0) is 11.8 Å². The van der Waals surface area contributed by atoms with E-state index in [-0.39, 0.29) is 5.56 Å². The Bertz CT molecular complexity index is 1160. The quantitative estimate of drug-likeness (QED) is 0.396. The van der Waals surface area contributed by atoms with Gasteiger partial charge < -0.3 is 5.73 Å². The Hall–Kier alpha value is -2.42. The van der Waals surface area contributed by atoms with Crippen molar-refractivity contribution < 1.29 is 4.79 Å². The van der Waals surface area contributed by atoms with E-state index in [1.807, 2.05) is 53.2 Å².